The van der Waals surface area contributed by atoms with E-state index in [4.69, 9.17) is 10.5 Å². The molecule has 2 aromatic heterocycles. The number of nitrogen functional groups attached to an aromatic ring is 1. The van der Waals surface area contributed by atoms with Crippen molar-refractivity contribution in [1.29, 1.82) is 0 Å². The van der Waals surface area contributed by atoms with Crippen molar-refractivity contribution in [1.82, 2.24) is 14.3 Å². The first-order chi connectivity index (χ1) is 12.0. The monoisotopic (exact) mass is 342 g/mol. The molecule has 0 spiro atoms. The van der Waals surface area contributed by atoms with Crippen molar-refractivity contribution in [2.24, 2.45) is 0 Å². The molecule has 0 radical (unpaired) electrons. The molecule has 2 heterocycles. The van der Waals surface area contributed by atoms with E-state index in [0.29, 0.717) is 54.2 Å². The van der Waals surface area contributed by atoms with Crippen LogP contribution in [-0.2, 0) is 11.3 Å². The number of aromatic nitrogens is 3. The molecule has 132 valence electrons. The molecule has 0 aliphatic heterocycles. The lowest BCUT2D eigenvalue weighted by atomic mass is 10.2. The summed E-state index contributed by atoms with van der Waals surface area (Å²) in [6, 6.07) is 8.50. The number of nitrogens with one attached hydrogen (secondary N) is 1. The number of hydrogen-bond acceptors (Lipinski definition) is 4. The van der Waals surface area contributed by atoms with Gasteiger partial charge in [0.2, 0.25) is 0 Å². The number of hydrogen-bond donors (Lipinski definition) is 2. The standard InChI is InChI=1S/C18H22N4O3/c1-3-25-9-5-8-21-12(2)17-15(11-16(21)23)20-22(18(17)24)14-7-4-6-13(19)10-14/h4,6-7,10-11,20H,3,5,8-9,19H2,1-2H3. The molecular weight excluding hydrogens is 320 g/mol. The van der Waals surface area contributed by atoms with Crippen LogP contribution in [-0.4, -0.2) is 27.6 Å². The van der Waals surface area contributed by atoms with Gasteiger partial charge in [-0.05, 0) is 38.5 Å². The maximum absolute atomic E-state index is 12.9. The molecule has 25 heavy (non-hydrogen) atoms. The van der Waals surface area contributed by atoms with Crippen LogP contribution >= 0.6 is 0 Å². The molecule has 7 nitrogen and oxygen atoms in total. The van der Waals surface area contributed by atoms with E-state index in [9.17, 15) is 9.59 Å². The Bertz CT molecular complexity index is 1010. The van der Waals surface area contributed by atoms with Gasteiger partial charge in [0.05, 0.1) is 16.6 Å². The van der Waals surface area contributed by atoms with E-state index in [0.717, 1.165) is 0 Å². The third-order valence-electron chi connectivity index (χ3n) is 4.22. The first-order valence-electron chi connectivity index (χ1n) is 8.31. The Morgan fingerprint density at radius 2 is 2.04 bits per heavy atom. The summed E-state index contributed by atoms with van der Waals surface area (Å²) in [7, 11) is 0. The third kappa shape index (κ3) is 3.23. The fraction of sp³-hybridized carbons (Fsp3) is 0.333. The van der Waals surface area contributed by atoms with Crippen LogP contribution in [0, 0.1) is 6.92 Å². The van der Waals surface area contributed by atoms with Gasteiger partial charge in [0.15, 0.2) is 0 Å². The van der Waals surface area contributed by atoms with Crippen LogP contribution in [0.3, 0.4) is 0 Å². The third-order valence-corrected chi connectivity index (χ3v) is 4.22. The highest BCUT2D eigenvalue weighted by Gasteiger charge is 2.15. The van der Waals surface area contributed by atoms with Gasteiger partial charge in [-0.3, -0.25) is 14.7 Å². The Balaban J connectivity index is 2.08. The maximum atomic E-state index is 12.9. The zero-order valence-electron chi connectivity index (χ0n) is 14.4. The maximum Gasteiger partial charge on any atom is 0.280 e. The largest absolute Gasteiger partial charge is 0.399 e. The lowest BCUT2D eigenvalue weighted by Crippen LogP contribution is -2.24. The average Bonchev–Trinajstić information content (AvgIpc) is 2.90. The number of pyridine rings is 1. The van der Waals surface area contributed by atoms with E-state index in [1.807, 2.05) is 6.92 Å². The Morgan fingerprint density at radius 1 is 1.24 bits per heavy atom. The number of ether oxygens (including phenoxy) is 1. The van der Waals surface area contributed by atoms with Gasteiger partial charge in [0.25, 0.3) is 11.1 Å². The Labute approximate surface area is 144 Å². The SMILES string of the molecule is CCOCCCn1c(C)c2c(=O)n(-c3cccc(N)c3)[nH]c2cc1=O. The second-order valence-corrected chi connectivity index (χ2v) is 5.91. The molecule has 3 rings (SSSR count). The molecule has 0 saturated heterocycles. The second kappa shape index (κ2) is 6.98. The van der Waals surface area contributed by atoms with Crippen LogP contribution in [0.2, 0.25) is 0 Å². The smallest absolute Gasteiger partial charge is 0.280 e. The summed E-state index contributed by atoms with van der Waals surface area (Å²) in [5.74, 6) is 0. The van der Waals surface area contributed by atoms with E-state index in [-0.39, 0.29) is 11.1 Å². The number of aryl methyl sites for hydroxylation is 1. The number of anilines is 1. The lowest BCUT2D eigenvalue weighted by molar-refractivity contribution is 0.141. The molecular formula is C18H22N4O3. The van der Waals surface area contributed by atoms with Gasteiger partial charge >= 0.3 is 0 Å². The van der Waals surface area contributed by atoms with Crippen LogP contribution in [0.1, 0.15) is 19.0 Å². The van der Waals surface area contributed by atoms with Crippen LogP contribution in [0.15, 0.2) is 39.9 Å². The van der Waals surface area contributed by atoms with Gasteiger partial charge in [0.1, 0.15) is 0 Å². The molecule has 1 aromatic carbocycles. The van der Waals surface area contributed by atoms with Gasteiger partial charge < -0.3 is 15.0 Å². The highest BCUT2D eigenvalue weighted by atomic mass is 16.5. The number of nitrogens with two attached hydrogens (primary N) is 1. The molecule has 0 aliphatic carbocycles. The van der Waals surface area contributed by atoms with Crippen molar-refractivity contribution < 1.29 is 4.74 Å². The number of fused-ring (bicyclic) bond motifs is 1. The number of rotatable bonds is 6. The molecule has 7 heteroatoms. The van der Waals surface area contributed by atoms with Crippen molar-refractivity contribution in [3.05, 3.63) is 56.7 Å². The number of aromatic amines is 1. The molecule has 0 saturated carbocycles. The predicted molar refractivity (Wildman–Crippen MR) is 98.4 cm³/mol. The molecule has 3 aromatic rings. The van der Waals surface area contributed by atoms with E-state index in [1.165, 1.54) is 10.7 Å². The lowest BCUT2D eigenvalue weighted by Gasteiger charge is -2.09. The molecule has 0 amide bonds. The predicted octanol–water partition coefficient (Wildman–Crippen LogP) is 1.80. The minimum absolute atomic E-state index is 0.137. The summed E-state index contributed by atoms with van der Waals surface area (Å²) in [4.78, 5) is 25.3. The quantitative estimate of drug-likeness (QED) is 0.527. The molecule has 0 fully saturated rings. The van der Waals surface area contributed by atoms with Crippen LogP contribution in [0.4, 0.5) is 5.69 Å². The topological polar surface area (TPSA) is 95.0 Å². The van der Waals surface area contributed by atoms with Crippen LogP contribution in [0.25, 0.3) is 16.6 Å². The van der Waals surface area contributed by atoms with Crippen molar-refractivity contribution in [2.75, 3.05) is 18.9 Å². The van der Waals surface area contributed by atoms with E-state index >= 15 is 0 Å². The van der Waals surface area contributed by atoms with E-state index < -0.39 is 0 Å². The van der Waals surface area contributed by atoms with Crippen LogP contribution in [0.5, 0.6) is 0 Å². The average molecular weight is 342 g/mol. The highest BCUT2D eigenvalue weighted by Crippen LogP contribution is 2.15. The molecule has 0 atom stereocenters. The minimum Gasteiger partial charge on any atom is -0.399 e. The molecule has 3 N–H and O–H groups in total. The summed E-state index contributed by atoms with van der Waals surface area (Å²) < 4.78 is 8.36. The van der Waals surface area contributed by atoms with Gasteiger partial charge in [-0.25, -0.2) is 4.68 Å². The van der Waals surface area contributed by atoms with Crippen molar-refractivity contribution >= 4 is 16.6 Å². The van der Waals surface area contributed by atoms with Crippen molar-refractivity contribution in [3.8, 4) is 5.69 Å². The van der Waals surface area contributed by atoms with E-state index in [2.05, 4.69) is 5.10 Å². The Morgan fingerprint density at radius 3 is 2.76 bits per heavy atom. The summed E-state index contributed by atoms with van der Waals surface area (Å²) in [6.07, 6.45) is 0.716. The minimum atomic E-state index is -0.198. The zero-order chi connectivity index (χ0) is 18.0. The number of benzene rings is 1. The van der Waals surface area contributed by atoms with Gasteiger partial charge in [-0.1, -0.05) is 6.07 Å². The Kier molecular flexibility index (Phi) is 4.76. The summed E-state index contributed by atoms with van der Waals surface area (Å²) >= 11 is 0. The molecule has 0 aliphatic rings. The highest BCUT2D eigenvalue weighted by molar-refractivity contribution is 5.80. The summed E-state index contributed by atoms with van der Waals surface area (Å²) in [5, 5.41) is 3.52. The first kappa shape index (κ1) is 17.0. The number of H-pyrrole nitrogens is 1. The fourth-order valence-corrected chi connectivity index (χ4v) is 3.00. The normalized spacial score (nSPS) is 11.3. The first-order valence-corrected chi connectivity index (χ1v) is 8.31. The molecule has 0 bridgehead atoms. The van der Waals surface area contributed by atoms with Gasteiger partial charge in [-0.2, -0.15) is 0 Å². The fourth-order valence-electron chi connectivity index (χ4n) is 3.00. The zero-order valence-corrected chi connectivity index (χ0v) is 14.4. The van der Waals surface area contributed by atoms with Crippen LogP contribution < -0.4 is 16.9 Å². The van der Waals surface area contributed by atoms with Gasteiger partial charge in [-0.15, -0.1) is 0 Å². The Hall–Kier alpha value is -2.80. The van der Waals surface area contributed by atoms with Crippen molar-refractivity contribution in [2.45, 2.75) is 26.8 Å². The summed E-state index contributed by atoms with van der Waals surface area (Å²) in [6.45, 7) is 5.48. The second-order valence-electron chi connectivity index (χ2n) is 5.91. The van der Waals surface area contributed by atoms with Crippen molar-refractivity contribution in [3.63, 3.8) is 0 Å². The summed E-state index contributed by atoms with van der Waals surface area (Å²) in [5.41, 5.74) is 7.85. The van der Waals surface area contributed by atoms with E-state index in [1.54, 1.807) is 35.8 Å². The number of nitrogens with zero attached hydrogens (tertiary/aromatic N) is 2. The van der Waals surface area contributed by atoms with Gasteiger partial charge in [0, 0.05) is 37.2 Å². The molecule has 0 unspecified atom stereocenters.